The van der Waals surface area contributed by atoms with Gasteiger partial charge in [-0.1, -0.05) is 42.5 Å². The molecule has 0 heterocycles. The molecule has 0 fully saturated rings. The summed E-state index contributed by atoms with van der Waals surface area (Å²) in [5, 5.41) is 24.1. The van der Waals surface area contributed by atoms with Gasteiger partial charge in [-0.05, 0) is 53.8 Å². The van der Waals surface area contributed by atoms with Crippen molar-refractivity contribution in [1.82, 2.24) is 5.32 Å². The van der Waals surface area contributed by atoms with Crippen LogP contribution in [0.25, 0.3) is 0 Å². The molecular weight excluding hydrogens is 468 g/mol. The number of phenols is 1. The Bertz CT molecular complexity index is 1220. The number of aliphatic hydroxyl groups is 1. The zero-order valence-electron chi connectivity index (χ0n) is 20.1. The zero-order chi connectivity index (χ0) is 25.4. The molecule has 3 aromatic rings. The van der Waals surface area contributed by atoms with Crippen molar-refractivity contribution in [2.24, 2.45) is 0 Å². The minimum absolute atomic E-state index is 0.0810. The quantitative estimate of drug-likeness (QED) is 0.282. The van der Waals surface area contributed by atoms with Gasteiger partial charge in [0.05, 0.1) is 32.3 Å². The number of hydrogen-bond acceptors (Lipinski definition) is 7. The van der Waals surface area contributed by atoms with Gasteiger partial charge >= 0.3 is 0 Å². The summed E-state index contributed by atoms with van der Waals surface area (Å²) >= 11 is 0. The van der Waals surface area contributed by atoms with E-state index in [0.717, 1.165) is 17.4 Å². The maximum Gasteiger partial charge on any atom is 0.229 e. The smallest absolute Gasteiger partial charge is 0.229 e. The van der Waals surface area contributed by atoms with Crippen LogP contribution in [-0.2, 0) is 22.9 Å². The van der Waals surface area contributed by atoms with Crippen molar-refractivity contribution in [3.05, 3.63) is 83.4 Å². The van der Waals surface area contributed by atoms with Gasteiger partial charge in [-0.15, -0.1) is 0 Å². The standard InChI is InChI=1S/C26H32N2O6S/c1-33-25-12-10-20(16-26(25)34-2)22(14-18-7-5-4-6-8-18)27-17-21(29)13-19-9-11-24(30)23(15-19)28-35(3,31)32/h4-12,15-16,21-22,27-30H,13-14,17H2,1-3H3/t21-,22+/m0/s1. The molecule has 0 spiro atoms. The number of sulfonamides is 1. The van der Waals surface area contributed by atoms with Crippen molar-refractivity contribution in [2.45, 2.75) is 25.0 Å². The van der Waals surface area contributed by atoms with E-state index in [4.69, 9.17) is 9.47 Å². The fraction of sp³-hybridized carbons (Fsp3) is 0.308. The van der Waals surface area contributed by atoms with Crippen LogP contribution in [0.1, 0.15) is 22.7 Å². The number of hydrogen-bond donors (Lipinski definition) is 4. The highest BCUT2D eigenvalue weighted by molar-refractivity contribution is 7.92. The van der Waals surface area contributed by atoms with E-state index in [9.17, 15) is 18.6 Å². The summed E-state index contributed by atoms with van der Waals surface area (Å²) in [6.45, 7) is 0.293. The number of anilines is 1. The second-order valence-corrected chi connectivity index (χ2v) is 10.1. The lowest BCUT2D eigenvalue weighted by atomic mass is 9.97. The minimum atomic E-state index is -3.54. The van der Waals surface area contributed by atoms with Gasteiger partial charge < -0.3 is 25.0 Å². The van der Waals surface area contributed by atoms with Crippen molar-refractivity contribution < 1.29 is 28.1 Å². The van der Waals surface area contributed by atoms with Crippen molar-refractivity contribution in [1.29, 1.82) is 0 Å². The van der Waals surface area contributed by atoms with E-state index in [1.165, 1.54) is 12.1 Å². The average molecular weight is 501 g/mol. The fourth-order valence-corrected chi connectivity index (χ4v) is 4.40. The monoisotopic (exact) mass is 500 g/mol. The number of phenolic OH excluding ortho intramolecular Hbond substituents is 1. The predicted molar refractivity (Wildman–Crippen MR) is 137 cm³/mol. The molecule has 0 amide bonds. The zero-order valence-corrected chi connectivity index (χ0v) is 20.9. The number of nitrogens with one attached hydrogen (secondary N) is 2. The Morgan fingerprint density at radius 3 is 2.26 bits per heavy atom. The first kappa shape index (κ1) is 26.3. The summed E-state index contributed by atoms with van der Waals surface area (Å²) in [6, 6.07) is 20.3. The van der Waals surface area contributed by atoms with Crippen LogP contribution in [0.3, 0.4) is 0 Å². The summed E-state index contributed by atoms with van der Waals surface area (Å²) in [7, 11) is -0.358. The van der Waals surface area contributed by atoms with Crippen LogP contribution in [0, 0.1) is 0 Å². The summed E-state index contributed by atoms with van der Waals surface area (Å²) in [6.07, 6.45) is 1.24. The molecule has 2 atom stereocenters. The molecule has 0 saturated heterocycles. The molecule has 8 nitrogen and oxygen atoms in total. The molecule has 0 aliphatic rings. The number of rotatable bonds is 12. The largest absolute Gasteiger partial charge is 0.506 e. The Hall–Kier alpha value is -3.27. The Morgan fingerprint density at radius 2 is 1.60 bits per heavy atom. The van der Waals surface area contributed by atoms with E-state index in [0.29, 0.717) is 30.0 Å². The van der Waals surface area contributed by atoms with Crippen LogP contribution >= 0.6 is 0 Å². The third kappa shape index (κ3) is 7.88. The SMILES string of the molecule is COc1ccc([C@@H](Cc2ccccc2)NC[C@@H](O)Cc2ccc(O)c(NS(C)(=O)=O)c2)cc1OC. The van der Waals surface area contributed by atoms with Crippen molar-refractivity contribution in [3.63, 3.8) is 0 Å². The van der Waals surface area contributed by atoms with Gasteiger partial charge in [0.2, 0.25) is 10.0 Å². The molecule has 0 saturated carbocycles. The molecule has 3 rings (SSSR count). The molecule has 3 aromatic carbocycles. The Morgan fingerprint density at radius 1 is 0.886 bits per heavy atom. The van der Waals surface area contributed by atoms with E-state index in [1.54, 1.807) is 20.3 Å². The van der Waals surface area contributed by atoms with Gasteiger partial charge in [0.1, 0.15) is 5.75 Å². The molecule has 0 aliphatic heterocycles. The summed E-state index contributed by atoms with van der Waals surface area (Å²) in [4.78, 5) is 0. The first-order valence-electron chi connectivity index (χ1n) is 11.2. The maximum atomic E-state index is 11.5. The van der Waals surface area contributed by atoms with Gasteiger partial charge in [0.25, 0.3) is 0 Å². The third-order valence-electron chi connectivity index (χ3n) is 5.52. The van der Waals surface area contributed by atoms with Gasteiger partial charge in [-0.2, -0.15) is 0 Å². The summed E-state index contributed by atoms with van der Waals surface area (Å²) < 4.78 is 36.2. The fourth-order valence-electron chi connectivity index (χ4n) is 3.84. The lowest BCUT2D eigenvalue weighted by molar-refractivity contribution is 0.167. The lowest BCUT2D eigenvalue weighted by Crippen LogP contribution is -2.32. The highest BCUT2D eigenvalue weighted by atomic mass is 32.2. The second kappa shape index (κ2) is 11.9. The van der Waals surface area contributed by atoms with Gasteiger partial charge in [-0.3, -0.25) is 4.72 Å². The molecule has 0 radical (unpaired) electrons. The van der Waals surface area contributed by atoms with Gasteiger partial charge in [0, 0.05) is 12.6 Å². The van der Waals surface area contributed by atoms with Crippen molar-refractivity contribution >= 4 is 15.7 Å². The molecule has 0 unspecified atom stereocenters. The second-order valence-electron chi connectivity index (χ2n) is 8.35. The molecule has 9 heteroatoms. The Balaban J connectivity index is 1.74. The third-order valence-corrected chi connectivity index (χ3v) is 6.11. The molecular formula is C26H32N2O6S. The van der Waals surface area contributed by atoms with E-state index in [-0.39, 0.29) is 23.9 Å². The van der Waals surface area contributed by atoms with Gasteiger partial charge in [-0.25, -0.2) is 8.42 Å². The van der Waals surface area contributed by atoms with Crippen LogP contribution < -0.4 is 19.5 Å². The van der Waals surface area contributed by atoms with E-state index < -0.39 is 16.1 Å². The number of ether oxygens (including phenoxy) is 2. The molecule has 188 valence electrons. The van der Waals surface area contributed by atoms with Crippen LogP contribution in [-0.4, -0.2) is 51.8 Å². The minimum Gasteiger partial charge on any atom is -0.506 e. The lowest BCUT2D eigenvalue weighted by Gasteiger charge is -2.23. The molecule has 0 aliphatic carbocycles. The number of aromatic hydroxyl groups is 1. The van der Waals surface area contributed by atoms with E-state index >= 15 is 0 Å². The molecule has 4 N–H and O–H groups in total. The van der Waals surface area contributed by atoms with Crippen molar-refractivity contribution in [2.75, 3.05) is 31.7 Å². The number of methoxy groups -OCH3 is 2. The normalized spacial score (nSPS) is 13.1. The highest BCUT2D eigenvalue weighted by Gasteiger charge is 2.17. The molecule has 35 heavy (non-hydrogen) atoms. The highest BCUT2D eigenvalue weighted by Crippen LogP contribution is 2.31. The summed E-state index contributed by atoms with van der Waals surface area (Å²) in [5.74, 6) is 1.09. The van der Waals surface area contributed by atoms with Crippen LogP contribution in [0.2, 0.25) is 0 Å². The van der Waals surface area contributed by atoms with Crippen LogP contribution in [0.5, 0.6) is 17.2 Å². The first-order valence-corrected chi connectivity index (χ1v) is 13.0. The molecule has 0 aromatic heterocycles. The van der Waals surface area contributed by atoms with Crippen LogP contribution in [0.4, 0.5) is 5.69 Å². The number of benzene rings is 3. The topological polar surface area (TPSA) is 117 Å². The Kier molecular flexibility index (Phi) is 8.97. The summed E-state index contributed by atoms with van der Waals surface area (Å²) in [5.41, 5.74) is 2.90. The van der Waals surface area contributed by atoms with Crippen LogP contribution in [0.15, 0.2) is 66.7 Å². The van der Waals surface area contributed by atoms with E-state index in [1.807, 2.05) is 36.4 Å². The predicted octanol–water partition coefficient (Wildman–Crippen LogP) is 3.26. The number of aliphatic hydroxyl groups excluding tert-OH is 1. The van der Waals surface area contributed by atoms with E-state index in [2.05, 4.69) is 22.2 Å². The average Bonchev–Trinajstić information content (AvgIpc) is 2.83. The Labute approximate surface area is 206 Å². The maximum absolute atomic E-state index is 11.5. The molecule has 0 bridgehead atoms. The first-order chi connectivity index (χ1) is 16.7. The van der Waals surface area contributed by atoms with Gasteiger partial charge in [0.15, 0.2) is 11.5 Å². The van der Waals surface area contributed by atoms with Crippen molar-refractivity contribution in [3.8, 4) is 17.2 Å².